The van der Waals surface area contributed by atoms with E-state index in [1.165, 1.54) is 14.0 Å². The lowest BCUT2D eigenvalue weighted by Gasteiger charge is -2.39. The van der Waals surface area contributed by atoms with E-state index >= 15 is 0 Å². The fourth-order valence-corrected chi connectivity index (χ4v) is 4.42. The highest BCUT2D eigenvalue weighted by molar-refractivity contribution is 6.14. The third-order valence-electron chi connectivity index (χ3n) is 6.28. The molecule has 26 heavy (non-hydrogen) atoms. The van der Waals surface area contributed by atoms with Crippen molar-refractivity contribution in [3.05, 3.63) is 11.1 Å². The van der Waals surface area contributed by atoms with Crippen LogP contribution in [0.5, 0.6) is 0 Å². The Morgan fingerprint density at radius 2 is 1.92 bits per heavy atom. The Bertz CT molecular complexity index is 665. The molecule has 0 aromatic rings. The van der Waals surface area contributed by atoms with Crippen LogP contribution >= 0.6 is 0 Å². The third kappa shape index (κ3) is 2.93. The summed E-state index contributed by atoms with van der Waals surface area (Å²) in [5.41, 5.74) is -3.24. The van der Waals surface area contributed by atoms with Crippen LogP contribution in [0.25, 0.3) is 0 Å². The van der Waals surface area contributed by atoms with Gasteiger partial charge in [-0.15, -0.1) is 0 Å². The van der Waals surface area contributed by atoms with Gasteiger partial charge in [-0.1, -0.05) is 6.92 Å². The number of ketones is 2. The molecule has 0 aromatic carbocycles. The van der Waals surface area contributed by atoms with Gasteiger partial charge in [0.2, 0.25) is 0 Å². The van der Waals surface area contributed by atoms with Crippen LogP contribution in [0.15, 0.2) is 11.1 Å². The van der Waals surface area contributed by atoms with Crippen LogP contribution < -0.4 is 0 Å². The van der Waals surface area contributed by atoms with E-state index in [0.717, 1.165) is 6.42 Å². The second kappa shape index (κ2) is 6.89. The molecule has 1 saturated heterocycles. The minimum atomic E-state index is -1.90. The number of rotatable bonds is 6. The zero-order valence-electron chi connectivity index (χ0n) is 16.6. The highest BCUT2D eigenvalue weighted by atomic mass is 16.6. The fraction of sp³-hybridized carbons (Fsp3) is 0.750. The number of carbonyl (C=O) groups is 3. The van der Waals surface area contributed by atoms with Gasteiger partial charge in [0.05, 0.1) is 18.6 Å². The summed E-state index contributed by atoms with van der Waals surface area (Å²) in [6, 6.07) is 0. The van der Waals surface area contributed by atoms with Gasteiger partial charge >= 0.3 is 5.97 Å². The SMILES string of the molecule is COC(=O)C(C)CCC[C@]1(C)CC[C@]2(O1)C(=O)C(C)=C(C)[C@@]2(O)C(C)=O. The summed E-state index contributed by atoms with van der Waals surface area (Å²) >= 11 is 0. The van der Waals surface area contributed by atoms with Crippen molar-refractivity contribution >= 4 is 17.5 Å². The van der Waals surface area contributed by atoms with Gasteiger partial charge in [-0.2, -0.15) is 0 Å². The molecule has 0 bridgehead atoms. The van der Waals surface area contributed by atoms with Crippen LogP contribution in [0.2, 0.25) is 0 Å². The van der Waals surface area contributed by atoms with Crippen molar-refractivity contribution < 1.29 is 29.0 Å². The minimum Gasteiger partial charge on any atom is -0.469 e. The Morgan fingerprint density at radius 3 is 2.46 bits per heavy atom. The quantitative estimate of drug-likeness (QED) is 0.727. The van der Waals surface area contributed by atoms with E-state index in [1.807, 2.05) is 13.8 Å². The van der Waals surface area contributed by atoms with Crippen LogP contribution in [-0.4, -0.2) is 46.6 Å². The largest absolute Gasteiger partial charge is 0.469 e. The van der Waals surface area contributed by atoms with Gasteiger partial charge in [-0.3, -0.25) is 14.4 Å². The first-order valence-electron chi connectivity index (χ1n) is 9.19. The molecule has 0 radical (unpaired) electrons. The van der Waals surface area contributed by atoms with Crippen molar-refractivity contribution in [3.8, 4) is 0 Å². The van der Waals surface area contributed by atoms with E-state index in [-0.39, 0.29) is 17.7 Å². The van der Waals surface area contributed by atoms with Crippen LogP contribution in [-0.2, 0) is 23.9 Å². The maximum atomic E-state index is 12.9. The van der Waals surface area contributed by atoms with Crippen LogP contribution in [0.1, 0.15) is 66.7 Å². The summed E-state index contributed by atoms with van der Waals surface area (Å²) in [7, 11) is 1.37. The van der Waals surface area contributed by atoms with Crippen LogP contribution in [0.3, 0.4) is 0 Å². The molecule has 0 aromatic heterocycles. The first kappa shape index (κ1) is 20.8. The molecule has 0 saturated carbocycles. The highest BCUT2D eigenvalue weighted by Crippen LogP contribution is 2.54. The highest BCUT2D eigenvalue weighted by Gasteiger charge is 2.69. The maximum Gasteiger partial charge on any atom is 0.308 e. The standard InChI is InChI=1S/C20H30O6/c1-12(17(23)25-6)8-7-9-18(5)10-11-19(26-18)16(22)13(2)14(3)20(19,24)15(4)21/h12,24H,7-11H2,1-6H3/t12?,18-,19+,20-/m1/s1. The molecule has 1 aliphatic heterocycles. The summed E-state index contributed by atoms with van der Waals surface area (Å²) < 4.78 is 11.0. The zero-order chi connectivity index (χ0) is 19.9. The minimum absolute atomic E-state index is 0.201. The van der Waals surface area contributed by atoms with Gasteiger partial charge in [-0.05, 0) is 70.9 Å². The Labute approximate surface area is 154 Å². The molecule has 1 aliphatic carbocycles. The van der Waals surface area contributed by atoms with Crippen LogP contribution in [0, 0.1) is 5.92 Å². The molecule has 146 valence electrons. The number of esters is 1. The summed E-state index contributed by atoms with van der Waals surface area (Å²) in [6.07, 6.45) is 2.89. The summed E-state index contributed by atoms with van der Waals surface area (Å²) in [5.74, 6) is -1.21. The molecule has 2 aliphatic rings. The molecular formula is C20H30O6. The van der Waals surface area contributed by atoms with Crippen molar-refractivity contribution in [1.29, 1.82) is 0 Å². The van der Waals surface area contributed by atoms with Crippen molar-refractivity contribution in [2.24, 2.45) is 5.92 Å². The van der Waals surface area contributed by atoms with E-state index in [9.17, 15) is 19.5 Å². The molecule has 0 amide bonds. The molecule has 6 nitrogen and oxygen atoms in total. The zero-order valence-corrected chi connectivity index (χ0v) is 16.6. The van der Waals surface area contributed by atoms with E-state index < -0.39 is 22.6 Å². The van der Waals surface area contributed by atoms with Gasteiger partial charge in [0.15, 0.2) is 22.8 Å². The monoisotopic (exact) mass is 366 g/mol. The summed E-state index contributed by atoms with van der Waals surface area (Å²) in [6.45, 7) is 8.28. The molecule has 1 heterocycles. The lowest BCUT2D eigenvalue weighted by atomic mass is 9.77. The Kier molecular flexibility index (Phi) is 5.51. The summed E-state index contributed by atoms with van der Waals surface area (Å²) in [5, 5.41) is 11.2. The molecule has 1 fully saturated rings. The Hall–Kier alpha value is -1.53. The molecule has 1 unspecified atom stereocenters. The Morgan fingerprint density at radius 1 is 1.31 bits per heavy atom. The van der Waals surface area contributed by atoms with Gasteiger partial charge in [-0.25, -0.2) is 0 Å². The predicted molar refractivity (Wildman–Crippen MR) is 95.5 cm³/mol. The number of hydrogen-bond donors (Lipinski definition) is 1. The number of aliphatic hydroxyl groups is 1. The van der Waals surface area contributed by atoms with Gasteiger partial charge in [0, 0.05) is 0 Å². The molecule has 6 heteroatoms. The number of hydrogen-bond acceptors (Lipinski definition) is 6. The van der Waals surface area contributed by atoms with Crippen molar-refractivity contribution in [2.75, 3.05) is 7.11 Å². The van der Waals surface area contributed by atoms with Crippen molar-refractivity contribution in [2.45, 2.75) is 83.5 Å². The van der Waals surface area contributed by atoms with Gasteiger partial charge in [0.1, 0.15) is 0 Å². The second-order valence-corrected chi connectivity index (χ2v) is 8.04. The average Bonchev–Trinajstić information content (AvgIpc) is 3.02. The number of ether oxygens (including phenoxy) is 2. The molecule has 2 rings (SSSR count). The first-order valence-corrected chi connectivity index (χ1v) is 9.19. The van der Waals surface area contributed by atoms with Crippen molar-refractivity contribution in [3.63, 3.8) is 0 Å². The summed E-state index contributed by atoms with van der Waals surface area (Å²) in [4.78, 5) is 36.7. The van der Waals surface area contributed by atoms with E-state index in [4.69, 9.17) is 9.47 Å². The van der Waals surface area contributed by atoms with Gasteiger partial charge < -0.3 is 14.6 Å². The number of methoxy groups -OCH3 is 1. The van der Waals surface area contributed by atoms with E-state index in [1.54, 1.807) is 13.8 Å². The molecule has 1 spiro atoms. The molecule has 4 atom stereocenters. The molecular weight excluding hydrogens is 336 g/mol. The van der Waals surface area contributed by atoms with Gasteiger partial charge in [0.25, 0.3) is 0 Å². The lowest BCUT2D eigenvalue weighted by Crippen LogP contribution is -2.60. The first-order chi connectivity index (χ1) is 11.9. The fourth-order valence-electron chi connectivity index (χ4n) is 4.42. The second-order valence-electron chi connectivity index (χ2n) is 8.04. The van der Waals surface area contributed by atoms with E-state index in [2.05, 4.69) is 0 Å². The van der Waals surface area contributed by atoms with Crippen LogP contribution in [0.4, 0.5) is 0 Å². The number of carbonyl (C=O) groups excluding carboxylic acids is 3. The third-order valence-corrected chi connectivity index (χ3v) is 6.28. The topological polar surface area (TPSA) is 89.9 Å². The van der Waals surface area contributed by atoms with E-state index in [0.29, 0.717) is 36.8 Å². The lowest BCUT2D eigenvalue weighted by molar-refractivity contribution is -0.188. The smallest absolute Gasteiger partial charge is 0.308 e. The normalized spacial score (nSPS) is 35.3. The average molecular weight is 366 g/mol. The number of Topliss-reactive ketones (excluding diaryl/α,β-unsaturated/α-hetero) is 2. The Balaban J connectivity index is 2.16. The molecule has 1 N–H and O–H groups in total. The predicted octanol–water partition coefficient (Wildman–Crippen LogP) is 2.51. The van der Waals surface area contributed by atoms with Crippen molar-refractivity contribution in [1.82, 2.24) is 0 Å². The maximum absolute atomic E-state index is 12.9.